The molecule has 7 heteroatoms. The average Bonchev–Trinajstić information content (AvgIpc) is 2.30. The molecule has 0 aliphatic rings. The highest BCUT2D eigenvalue weighted by Gasteiger charge is 2.23. The first kappa shape index (κ1) is 14.6. The smallest absolute Gasteiger partial charge is 0.338 e. The number of hydrogen-bond donors (Lipinski definition) is 1. The largest absolute Gasteiger partial charge is 0.478 e. The van der Waals surface area contributed by atoms with E-state index in [2.05, 4.69) is 0 Å². The van der Waals surface area contributed by atoms with Gasteiger partial charge >= 0.3 is 5.97 Å². The predicted octanol–water partition coefficient (Wildman–Crippen LogP) is 1.47. The molecule has 0 saturated carbocycles. The topological polar surface area (TPSA) is 74.7 Å². The summed E-state index contributed by atoms with van der Waals surface area (Å²) in [6.45, 7) is 3.21. The fourth-order valence-electron chi connectivity index (χ4n) is 1.39. The Balaban J connectivity index is 3.50. The summed E-state index contributed by atoms with van der Waals surface area (Å²) in [5, 5.41) is 8.83. The molecule has 18 heavy (non-hydrogen) atoms. The summed E-state index contributed by atoms with van der Waals surface area (Å²) in [4.78, 5) is 10.6. The Morgan fingerprint density at radius 2 is 2.00 bits per heavy atom. The lowest BCUT2D eigenvalue weighted by Gasteiger charge is -2.16. The van der Waals surface area contributed by atoms with Gasteiger partial charge in [0.25, 0.3) is 0 Å². The molecular weight excluding hydrogens is 261 g/mol. The molecular formula is C11H14FNO4S. The zero-order valence-electron chi connectivity index (χ0n) is 10.3. The van der Waals surface area contributed by atoms with E-state index in [4.69, 9.17) is 5.11 Å². The quantitative estimate of drug-likeness (QED) is 0.903. The second-order valence-corrected chi connectivity index (χ2v) is 5.87. The van der Waals surface area contributed by atoms with Gasteiger partial charge in [-0.2, -0.15) is 0 Å². The zero-order valence-corrected chi connectivity index (χ0v) is 11.1. The van der Waals surface area contributed by atoms with Gasteiger partial charge in [0.1, 0.15) is 5.82 Å². The molecule has 1 aromatic rings. The molecule has 0 unspecified atom stereocenters. The monoisotopic (exact) mass is 275 g/mol. The molecule has 0 aliphatic heterocycles. The van der Waals surface area contributed by atoms with Gasteiger partial charge in [-0.05, 0) is 24.6 Å². The van der Waals surface area contributed by atoms with E-state index in [0.717, 1.165) is 16.4 Å². The number of nitrogens with zero attached hydrogens (tertiary/aromatic N) is 1. The first-order valence-corrected chi connectivity index (χ1v) is 6.65. The molecule has 5 nitrogen and oxygen atoms in total. The summed E-state index contributed by atoms with van der Waals surface area (Å²) >= 11 is 0. The zero-order chi connectivity index (χ0) is 14.1. The van der Waals surface area contributed by atoms with Crippen LogP contribution in [0.2, 0.25) is 0 Å². The highest BCUT2D eigenvalue weighted by Crippen LogP contribution is 2.21. The van der Waals surface area contributed by atoms with Gasteiger partial charge in [0.2, 0.25) is 10.0 Å². The number of aromatic carboxylic acids is 1. The van der Waals surface area contributed by atoms with Crippen LogP contribution in [-0.4, -0.2) is 37.4 Å². The van der Waals surface area contributed by atoms with Gasteiger partial charge in [0.15, 0.2) is 0 Å². The molecule has 1 N–H and O–H groups in total. The van der Waals surface area contributed by atoms with E-state index < -0.39 is 27.4 Å². The van der Waals surface area contributed by atoms with Crippen LogP contribution in [0.4, 0.5) is 4.39 Å². The van der Waals surface area contributed by atoms with Crippen LogP contribution in [0.25, 0.3) is 0 Å². The molecule has 0 aliphatic carbocycles. The fourth-order valence-corrected chi connectivity index (χ4v) is 2.68. The molecule has 100 valence electrons. The average molecular weight is 275 g/mol. The van der Waals surface area contributed by atoms with Crippen molar-refractivity contribution < 1.29 is 22.7 Å². The maximum Gasteiger partial charge on any atom is 0.338 e. The number of benzene rings is 1. The van der Waals surface area contributed by atoms with Gasteiger partial charge in [-0.25, -0.2) is 21.9 Å². The number of hydrogen-bond acceptors (Lipinski definition) is 3. The van der Waals surface area contributed by atoms with Crippen LogP contribution < -0.4 is 0 Å². The molecule has 0 aromatic heterocycles. The highest BCUT2D eigenvalue weighted by atomic mass is 32.2. The third-order valence-corrected chi connectivity index (χ3v) is 4.52. The van der Waals surface area contributed by atoms with Gasteiger partial charge in [-0.15, -0.1) is 0 Å². The van der Waals surface area contributed by atoms with Gasteiger partial charge in [0.05, 0.1) is 10.5 Å². The fraction of sp³-hybridized carbons (Fsp3) is 0.364. The van der Waals surface area contributed by atoms with Crippen molar-refractivity contribution in [2.45, 2.75) is 18.7 Å². The van der Waals surface area contributed by atoms with Crippen LogP contribution in [0.3, 0.4) is 0 Å². The van der Waals surface area contributed by atoms with E-state index >= 15 is 0 Å². The number of carbonyl (C=O) groups is 1. The first-order chi connectivity index (χ1) is 8.21. The maximum atomic E-state index is 13.5. The standard InChI is InChI=1S/C11H14FNO4S/c1-4-13(3)18(16,17)8-5-7(2)10(12)9(6-8)11(14)15/h5-6H,4H2,1-3H3,(H,14,15). The van der Waals surface area contributed by atoms with Crippen LogP contribution in [0.15, 0.2) is 17.0 Å². The molecule has 0 spiro atoms. The van der Waals surface area contributed by atoms with Crippen LogP contribution in [0.5, 0.6) is 0 Å². The maximum absolute atomic E-state index is 13.5. The molecule has 0 heterocycles. The molecule has 1 aromatic carbocycles. The Morgan fingerprint density at radius 3 is 2.44 bits per heavy atom. The van der Waals surface area contributed by atoms with Gasteiger partial charge in [0, 0.05) is 13.6 Å². The summed E-state index contributed by atoms with van der Waals surface area (Å²) < 4.78 is 38.6. The number of carboxylic acid groups (broad SMARTS) is 1. The van der Waals surface area contributed by atoms with Gasteiger partial charge in [-0.3, -0.25) is 0 Å². The number of sulfonamides is 1. The molecule has 1 rings (SSSR count). The van der Waals surface area contributed by atoms with Crippen molar-refractivity contribution in [2.24, 2.45) is 0 Å². The van der Waals surface area contributed by atoms with E-state index in [9.17, 15) is 17.6 Å². The SMILES string of the molecule is CCN(C)S(=O)(=O)c1cc(C)c(F)c(C(=O)O)c1. The summed E-state index contributed by atoms with van der Waals surface area (Å²) in [7, 11) is -2.41. The molecule has 0 atom stereocenters. The van der Waals surface area contributed by atoms with Crippen LogP contribution in [-0.2, 0) is 10.0 Å². The number of halogens is 1. The second kappa shape index (κ2) is 5.03. The van der Waals surface area contributed by atoms with Crippen molar-refractivity contribution in [3.63, 3.8) is 0 Å². The van der Waals surface area contributed by atoms with Crippen molar-refractivity contribution in [1.82, 2.24) is 4.31 Å². The lowest BCUT2D eigenvalue weighted by molar-refractivity contribution is 0.0691. The van der Waals surface area contributed by atoms with E-state index in [1.165, 1.54) is 14.0 Å². The van der Waals surface area contributed by atoms with Gasteiger partial charge in [-0.1, -0.05) is 6.92 Å². The van der Waals surface area contributed by atoms with Crippen molar-refractivity contribution in [3.05, 3.63) is 29.1 Å². The summed E-state index contributed by atoms with van der Waals surface area (Å²) in [6, 6.07) is 1.97. The minimum atomic E-state index is -3.78. The predicted molar refractivity (Wildman–Crippen MR) is 63.6 cm³/mol. The number of carboxylic acids is 1. The number of aryl methyl sites for hydroxylation is 1. The first-order valence-electron chi connectivity index (χ1n) is 5.21. The third-order valence-electron chi connectivity index (χ3n) is 2.61. The molecule has 0 radical (unpaired) electrons. The lowest BCUT2D eigenvalue weighted by atomic mass is 10.1. The summed E-state index contributed by atoms with van der Waals surface area (Å²) in [5.41, 5.74) is -0.656. The van der Waals surface area contributed by atoms with Crippen molar-refractivity contribution in [1.29, 1.82) is 0 Å². The molecule has 0 bridgehead atoms. The second-order valence-electron chi connectivity index (χ2n) is 3.83. The van der Waals surface area contributed by atoms with E-state index in [1.54, 1.807) is 6.92 Å². The van der Waals surface area contributed by atoms with Crippen LogP contribution in [0.1, 0.15) is 22.8 Å². The summed E-state index contributed by atoms with van der Waals surface area (Å²) in [6.07, 6.45) is 0. The molecule has 0 fully saturated rings. The Morgan fingerprint density at radius 1 is 1.44 bits per heavy atom. The van der Waals surface area contributed by atoms with E-state index in [-0.39, 0.29) is 17.0 Å². The lowest BCUT2D eigenvalue weighted by Crippen LogP contribution is -2.27. The minimum absolute atomic E-state index is 0.0158. The van der Waals surface area contributed by atoms with E-state index in [1.807, 2.05) is 0 Å². The van der Waals surface area contributed by atoms with Crippen molar-refractivity contribution in [3.8, 4) is 0 Å². The third kappa shape index (κ3) is 2.51. The number of rotatable bonds is 4. The van der Waals surface area contributed by atoms with Crippen molar-refractivity contribution in [2.75, 3.05) is 13.6 Å². The Bertz CT molecular complexity index is 583. The van der Waals surface area contributed by atoms with Crippen LogP contribution >= 0.6 is 0 Å². The Kier molecular flexibility index (Phi) is 4.08. The van der Waals surface area contributed by atoms with Gasteiger partial charge < -0.3 is 5.11 Å². The minimum Gasteiger partial charge on any atom is -0.478 e. The van der Waals surface area contributed by atoms with Crippen molar-refractivity contribution >= 4 is 16.0 Å². The van der Waals surface area contributed by atoms with E-state index in [0.29, 0.717) is 0 Å². The normalized spacial score (nSPS) is 11.8. The summed E-state index contributed by atoms with van der Waals surface area (Å²) in [5.74, 6) is -2.41. The van der Waals surface area contributed by atoms with Crippen LogP contribution in [0, 0.1) is 12.7 Å². The Hall–Kier alpha value is -1.47. The molecule has 0 amide bonds. The Labute approximate surface area is 105 Å². The highest BCUT2D eigenvalue weighted by molar-refractivity contribution is 7.89. The molecule has 0 saturated heterocycles.